The summed E-state index contributed by atoms with van der Waals surface area (Å²) in [6.07, 6.45) is 16.7. The van der Waals surface area contributed by atoms with Gasteiger partial charge >= 0.3 is 49.6 Å². The van der Waals surface area contributed by atoms with E-state index in [2.05, 4.69) is 25.3 Å². The molecule has 6 N–H and O–H groups in total. The number of unbranched alkanes of at least 4 members (excludes halogenated alkanes) is 10. The summed E-state index contributed by atoms with van der Waals surface area (Å²) >= 11 is 0. The van der Waals surface area contributed by atoms with Crippen molar-refractivity contribution >= 4 is 40.4 Å². The Morgan fingerprint density at radius 3 is 0.957 bits per heavy atom. The zero-order valence-electron chi connectivity index (χ0n) is 15.1. The first-order valence-electron chi connectivity index (χ1n) is 8.87. The monoisotopic (exact) mass is 463 g/mol. The van der Waals surface area contributed by atoms with E-state index in [0.717, 1.165) is 13.1 Å². The molecule has 0 aliphatic carbocycles. The first-order chi connectivity index (χ1) is 10.8. The van der Waals surface area contributed by atoms with Gasteiger partial charge in [-0.1, -0.05) is 65.2 Å². The third-order valence-electron chi connectivity index (χ3n) is 3.21. The fourth-order valence-corrected chi connectivity index (χ4v) is 1.91. The molecule has 0 atom stereocenters. The Hall–Kier alpha value is 1.60. The average Bonchev–Trinajstić information content (AvgIpc) is 2.46. The summed E-state index contributed by atoms with van der Waals surface area (Å²) in [4.78, 5) is 0. The molecule has 0 bridgehead atoms. The van der Waals surface area contributed by atoms with Gasteiger partial charge in [0.1, 0.15) is 0 Å². The zero-order chi connectivity index (χ0) is 18.4. The Bertz CT molecular complexity index is 161. The van der Waals surface area contributed by atoms with Crippen LogP contribution in [0, 0.1) is 0 Å². The maximum absolute atomic E-state index is 4.90. The Labute approximate surface area is 164 Å². The van der Waals surface area contributed by atoms with Gasteiger partial charge in [0.05, 0.1) is 13.1 Å². The van der Waals surface area contributed by atoms with E-state index in [1.54, 1.807) is 0 Å². The van der Waals surface area contributed by atoms with Gasteiger partial charge in [0, 0.05) is 0 Å². The molecular formula is C16H40Cl4CuN2. The predicted molar refractivity (Wildman–Crippen MR) is 106 cm³/mol. The second-order valence-corrected chi connectivity index (χ2v) is 14.8. The molecule has 0 saturated heterocycles. The molecule has 0 aromatic carbocycles. The van der Waals surface area contributed by atoms with E-state index in [4.69, 9.17) is 40.4 Å². The van der Waals surface area contributed by atoms with Gasteiger partial charge in [-0.2, -0.15) is 0 Å². The van der Waals surface area contributed by atoms with E-state index in [9.17, 15) is 0 Å². The number of halogens is 4. The molecule has 0 amide bonds. The molecule has 0 heterocycles. The summed E-state index contributed by atoms with van der Waals surface area (Å²) < 4.78 is 0. The second-order valence-electron chi connectivity index (χ2n) is 5.50. The number of hydrogen-bond donors (Lipinski definition) is 2. The van der Waals surface area contributed by atoms with Crippen LogP contribution in [-0.4, -0.2) is 13.1 Å². The maximum atomic E-state index is 4.90. The van der Waals surface area contributed by atoms with Gasteiger partial charge in [-0.25, -0.2) is 0 Å². The Balaban J connectivity index is -0.000000273. The van der Waals surface area contributed by atoms with Gasteiger partial charge < -0.3 is 11.5 Å². The summed E-state index contributed by atoms with van der Waals surface area (Å²) in [6.45, 7) is 6.74. The van der Waals surface area contributed by atoms with Crippen molar-refractivity contribution in [3.8, 4) is 0 Å². The molecule has 0 saturated carbocycles. The Morgan fingerprint density at radius 2 is 0.739 bits per heavy atom. The van der Waals surface area contributed by atoms with Crippen LogP contribution in [0.2, 0.25) is 0 Å². The number of hydrogen-bond acceptors (Lipinski definition) is 0. The molecule has 0 radical (unpaired) electrons. The van der Waals surface area contributed by atoms with Gasteiger partial charge in [-0.15, -0.1) is 0 Å². The molecule has 0 fully saturated rings. The van der Waals surface area contributed by atoms with E-state index in [1.807, 2.05) is 0 Å². The topological polar surface area (TPSA) is 55.3 Å². The SMILES string of the molecule is CCCCCCCC[NH3+].CCCCCCCC[NH3+].[Cl][Cu-2]([Cl])([Cl])[Cl]. The van der Waals surface area contributed by atoms with Crippen molar-refractivity contribution in [1.82, 2.24) is 0 Å². The molecule has 2 nitrogen and oxygen atoms in total. The molecule has 0 rings (SSSR count). The minimum absolute atomic E-state index is 1.12. The normalized spacial score (nSPS) is 11.1. The van der Waals surface area contributed by atoms with Crippen LogP contribution in [0.3, 0.4) is 0 Å². The third kappa shape index (κ3) is 59.5. The van der Waals surface area contributed by atoms with Crippen LogP contribution in [0.1, 0.15) is 90.9 Å². The summed E-state index contributed by atoms with van der Waals surface area (Å²) in [6, 6.07) is 0. The first-order valence-corrected chi connectivity index (χ1v) is 14.1. The quantitative estimate of drug-likeness (QED) is 0.265. The first kappa shape index (κ1) is 29.4. The molecule has 7 heteroatoms. The number of quaternary nitrogens is 2. The Kier molecular flexibility index (Phi) is 33.0. The van der Waals surface area contributed by atoms with Gasteiger partial charge in [-0.05, 0) is 25.7 Å². The molecule has 0 aromatic rings. The van der Waals surface area contributed by atoms with Gasteiger partial charge in [0.15, 0.2) is 0 Å². The molecule has 0 aromatic heterocycles. The van der Waals surface area contributed by atoms with Crippen LogP contribution in [0.4, 0.5) is 0 Å². The van der Waals surface area contributed by atoms with E-state index in [0.29, 0.717) is 0 Å². The fraction of sp³-hybridized carbons (Fsp3) is 1.00. The van der Waals surface area contributed by atoms with Crippen LogP contribution >= 0.6 is 40.4 Å². The van der Waals surface area contributed by atoms with Crippen LogP contribution < -0.4 is 11.5 Å². The van der Waals surface area contributed by atoms with Crippen molar-refractivity contribution in [2.24, 2.45) is 0 Å². The van der Waals surface area contributed by atoms with E-state index >= 15 is 0 Å². The van der Waals surface area contributed by atoms with Crippen molar-refractivity contribution in [3.05, 3.63) is 0 Å². The molecule has 23 heavy (non-hydrogen) atoms. The third-order valence-corrected chi connectivity index (χ3v) is 3.21. The van der Waals surface area contributed by atoms with Crippen LogP contribution in [-0.2, 0) is 9.20 Å². The molecule has 0 aliphatic rings. The minimum atomic E-state index is -2.24. The van der Waals surface area contributed by atoms with Crippen LogP contribution in [0.25, 0.3) is 0 Å². The number of rotatable bonds is 12. The molecule has 0 aliphatic heterocycles. The van der Waals surface area contributed by atoms with E-state index in [-0.39, 0.29) is 0 Å². The van der Waals surface area contributed by atoms with Crippen molar-refractivity contribution in [2.45, 2.75) is 90.9 Å². The summed E-state index contributed by atoms with van der Waals surface area (Å²) in [7, 11) is 17.4. The van der Waals surface area contributed by atoms with Crippen LogP contribution in [0.5, 0.6) is 0 Å². The zero-order valence-corrected chi connectivity index (χ0v) is 19.1. The van der Waals surface area contributed by atoms with Crippen molar-refractivity contribution in [3.63, 3.8) is 0 Å². The fourth-order valence-electron chi connectivity index (χ4n) is 1.91. The van der Waals surface area contributed by atoms with E-state index < -0.39 is 9.20 Å². The predicted octanol–water partition coefficient (Wildman–Crippen LogP) is 5.93. The standard InChI is InChI=1S/2C8H19N.4ClH.Cu/c2*1-2-3-4-5-6-7-8-9;;;;;/h2*2-9H2,1H3;4*1H;/q;;;;;;+2/p-2. The molecule has 153 valence electrons. The molecular weight excluding hydrogens is 426 g/mol. The van der Waals surface area contributed by atoms with Gasteiger partial charge in [-0.3, -0.25) is 0 Å². The average molecular weight is 466 g/mol. The summed E-state index contributed by atoms with van der Waals surface area (Å²) in [5.74, 6) is 0. The van der Waals surface area contributed by atoms with E-state index in [1.165, 1.54) is 77.0 Å². The Morgan fingerprint density at radius 1 is 0.522 bits per heavy atom. The van der Waals surface area contributed by atoms with Gasteiger partial charge in [0.2, 0.25) is 0 Å². The van der Waals surface area contributed by atoms with Crippen molar-refractivity contribution < 1.29 is 20.7 Å². The van der Waals surface area contributed by atoms with Crippen molar-refractivity contribution in [1.29, 1.82) is 0 Å². The van der Waals surface area contributed by atoms with Crippen LogP contribution in [0.15, 0.2) is 0 Å². The molecule has 0 unspecified atom stereocenters. The summed E-state index contributed by atoms with van der Waals surface area (Å²) in [5, 5.41) is 0. The second kappa shape index (κ2) is 25.8. The van der Waals surface area contributed by atoms with Gasteiger partial charge in [0.25, 0.3) is 0 Å². The van der Waals surface area contributed by atoms with Crippen molar-refractivity contribution in [2.75, 3.05) is 13.1 Å². The molecule has 0 spiro atoms. The summed E-state index contributed by atoms with van der Waals surface area (Å²) in [5.41, 5.74) is 7.61.